The van der Waals surface area contributed by atoms with Gasteiger partial charge in [0.05, 0.1) is 25.4 Å². The van der Waals surface area contributed by atoms with E-state index in [1.54, 1.807) is 12.4 Å². The van der Waals surface area contributed by atoms with Gasteiger partial charge in [0.15, 0.2) is 0 Å². The van der Waals surface area contributed by atoms with Gasteiger partial charge in [0.25, 0.3) is 0 Å². The number of rotatable bonds is 4. The number of aliphatic hydroxyl groups excluding tert-OH is 1. The van der Waals surface area contributed by atoms with Crippen LogP contribution in [0.3, 0.4) is 0 Å². The number of urea groups is 1. The molecule has 0 spiro atoms. The van der Waals surface area contributed by atoms with Gasteiger partial charge in [-0.15, -0.1) is 0 Å². The van der Waals surface area contributed by atoms with Crippen molar-refractivity contribution in [2.75, 3.05) is 11.9 Å². The summed E-state index contributed by atoms with van der Waals surface area (Å²) in [7, 11) is 0. The number of amides is 2. The Balaban J connectivity index is 1.70. The molecule has 7 nitrogen and oxygen atoms in total. The number of aliphatic hydroxyl groups is 1. The van der Waals surface area contributed by atoms with Crippen molar-refractivity contribution in [2.24, 2.45) is 0 Å². The number of carbonyl (C=O) groups is 1. The van der Waals surface area contributed by atoms with Gasteiger partial charge in [0.2, 0.25) is 0 Å². The van der Waals surface area contributed by atoms with Crippen LogP contribution in [0, 0.1) is 6.92 Å². The van der Waals surface area contributed by atoms with E-state index in [-0.39, 0.29) is 18.7 Å². The zero-order chi connectivity index (χ0) is 16.2. The first-order chi connectivity index (χ1) is 11.2. The number of anilines is 1. The molecule has 0 radical (unpaired) electrons. The van der Waals surface area contributed by atoms with Crippen molar-refractivity contribution in [3.8, 4) is 0 Å². The molecule has 2 aromatic heterocycles. The van der Waals surface area contributed by atoms with E-state index < -0.39 is 0 Å². The monoisotopic (exact) mass is 315 g/mol. The first-order valence-electron chi connectivity index (χ1n) is 7.83. The lowest BCUT2D eigenvalue weighted by atomic mass is 9.93. The molecule has 3 N–H and O–H groups in total. The molecule has 0 saturated heterocycles. The van der Waals surface area contributed by atoms with Crippen molar-refractivity contribution >= 4 is 11.8 Å². The van der Waals surface area contributed by atoms with Gasteiger partial charge in [-0.25, -0.2) is 9.78 Å². The summed E-state index contributed by atoms with van der Waals surface area (Å²) in [5, 5.41) is 19.2. The molecule has 2 amide bonds. The third-order valence-corrected chi connectivity index (χ3v) is 4.12. The van der Waals surface area contributed by atoms with Gasteiger partial charge in [-0.05, 0) is 37.8 Å². The van der Waals surface area contributed by atoms with E-state index in [0.717, 1.165) is 36.1 Å². The summed E-state index contributed by atoms with van der Waals surface area (Å²) in [5.74, 6) is 0.567. The van der Waals surface area contributed by atoms with E-state index in [9.17, 15) is 4.79 Å². The summed E-state index contributed by atoms with van der Waals surface area (Å²) in [4.78, 5) is 16.4. The highest BCUT2D eigenvalue weighted by Gasteiger charge is 2.25. The number of nitrogens with one attached hydrogen (secondary N) is 2. The van der Waals surface area contributed by atoms with Crippen LogP contribution in [0.25, 0.3) is 0 Å². The highest BCUT2D eigenvalue weighted by atomic mass is 16.3. The molecule has 122 valence electrons. The lowest BCUT2D eigenvalue weighted by Crippen LogP contribution is -2.34. The SMILES string of the molecule is Cc1cccnc1NC(=O)N[C@@H]1CCCc2c1cnn2CCO. The van der Waals surface area contributed by atoms with Crippen LogP contribution in [0.15, 0.2) is 24.5 Å². The van der Waals surface area contributed by atoms with E-state index >= 15 is 0 Å². The molecule has 3 rings (SSSR count). The molecule has 0 bridgehead atoms. The van der Waals surface area contributed by atoms with Crippen LogP contribution in [0.4, 0.5) is 10.6 Å². The van der Waals surface area contributed by atoms with E-state index in [0.29, 0.717) is 12.4 Å². The minimum Gasteiger partial charge on any atom is -0.394 e. The van der Waals surface area contributed by atoms with Crippen molar-refractivity contribution in [2.45, 2.75) is 38.8 Å². The van der Waals surface area contributed by atoms with Gasteiger partial charge >= 0.3 is 6.03 Å². The number of carbonyl (C=O) groups excluding carboxylic acids is 1. The molecule has 0 aliphatic heterocycles. The first kappa shape index (κ1) is 15.5. The fraction of sp³-hybridized carbons (Fsp3) is 0.438. The van der Waals surface area contributed by atoms with Crippen molar-refractivity contribution in [1.29, 1.82) is 0 Å². The number of hydrogen-bond donors (Lipinski definition) is 3. The molecule has 0 saturated carbocycles. The van der Waals surface area contributed by atoms with Crippen molar-refractivity contribution in [3.63, 3.8) is 0 Å². The van der Waals surface area contributed by atoms with Crippen LogP contribution in [-0.2, 0) is 13.0 Å². The minimum atomic E-state index is -0.264. The Kier molecular flexibility index (Phi) is 4.57. The summed E-state index contributed by atoms with van der Waals surface area (Å²) in [6, 6.07) is 3.41. The average Bonchev–Trinajstić information content (AvgIpc) is 2.94. The lowest BCUT2D eigenvalue weighted by Gasteiger charge is -2.24. The lowest BCUT2D eigenvalue weighted by molar-refractivity contribution is 0.246. The Morgan fingerprint density at radius 2 is 2.39 bits per heavy atom. The summed E-state index contributed by atoms with van der Waals surface area (Å²) in [6.45, 7) is 2.45. The maximum Gasteiger partial charge on any atom is 0.320 e. The average molecular weight is 315 g/mol. The zero-order valence-corrected chi connectivity index (χ0v) is 13.1. The number of hydrogen-bond acceptors (Lipinski definition) is 4. The highest BCUT2D eigenvalue weighted by Crippen LogP contribution is 2.29. The molecule has 1 aliphatic rings. The molecule has 1 aliphatic carbocycles. The maximum atomic E-state index is 12.2. The number of aromatic nitrogens is 3. The molecular weight excluding hydrogens is 294 g/mol. The number of aryl methyl sites for hydroxylation is 1. The highest BCUT2D eigenvalue weighted by molar-refractivity contribution is 5.89. The van der Waals surface area contributed by atoms with E-state index in [4.69, 9.17) is 5.11 Å². The van der Waals surface area contributed by atoms with Gasteiger partial charge in [-0.2, -0.15) is 5.10 Å². The second kappa shape index (κ2) is 6.78. The number of fused-ring (bicyclic) bond motifs is 1. The molecule has 2 heterocycles. The fourth-order valence-corrected chi connectivity index (χ4v) is 2.97. The largest absolute Gasteiger partial charge is 0.394 e. The maximum absolute atomic E-state index is 12.2. The number of nitrogens with zero attached hydrogens (tertiary/aromatic N) is 3. The Morgan fingerprint density at radius 1 is 1.52 bits per heavy atom. The van der Waals surface area contributed by atoms with Crippen LogP contribution >= 0.6 is 0 Å². The topological polar surface area (TPSA) is 92.1 Å². The number of pyridine rings is 1. The smallest absolute Gasteiger partial charge is 0.320 e. The summed E-state index contributed by atoms with van der Waals surface area (Å²) in [5.41, 5.74) is 3.06. The quantitative estimate of drug-likeness (QED) is 0.802. The summed E-state index contributed by atoms with van der Waals surface area (Å²) in [6.07, 6.45) is 6.24. The van der Waals surface area contributed by atoms with Gasteiger partial charge < -0.3 is 10.4 Å². The normalized spacial score (nSPS) is 16.7. The van der Waals surface area contributed by atoms with Crippen LogP contribution in [0.1, 0.15) is 35.7 Å². The van der Waals surface area contributed by atoms with Gasteiger partial charge in [0, 0.05) is 17.5 Å². The Bertz CT molecular complexity index is 698. The van der Waals surface area contributed by atoms with Gasteiger partial charge in [-0.3, -0.25) is 10.00 Å². The Labute approximate surface area is 134 Å². The van der Waals surface area contributed by atoms with E-state index in [2.05, 4.69) is 20.7 Å². The Morgan fingerprint density at radius 3 is 3.17 bits per heavy atom. The summed E-state index contributed by atoms with van der Waals surface area (Å²) >= 11 is 0. The molecule has 0 unspecified atom stereocenters. The predicted molar refractivity (Wildman–Crippen MR) is 86.1 cm³/mol. The van der Waals surface area contributed by atoms with Crippen LogP contribution in [-0.4, -0.2) is 32.5 Å². The fourth-order valence-electron chi connectivity index (χ4n) is 2.97. The first-order valence-corrected chi connectivity index (χ1v) is 7.83. The standard InChI is InChI=1S/C16H21N5O2/c1-11-4-3-7-17-15(11)20-16(23)19-13-5-2-6-14-12(13)10-18-21(14)8-9-22/h3-4,7,10,13,22H,2,5-6,8-9H2,1H3,(H2,17,19,20,23)/t13-/m1/s1. The van der Waals surface area contributed by atoms with Crippen LogP contribution < -0.4 is 10.6 Å². The molecule has 2 aromatic rings. The van der Waals surface area contributed by atoms with Gasteiger partial charge in [0.1, 0.15) is 5.82 Å². The Hall–Kier alpha value is -2.41. The molecule has 7 heteroatoms. The van der Waals surface area contributed by atoms with E-state index in [1.165, 1.54) is 0 Å². The third-order valence-electron chi connectivity index (χ3n) is 4.12. The third kappa shape index (κ3) is 3.34. The summed E-state index contributed by atoms with van der Waals surface area (Å²) < 4.78 is 1.82. The molecule has 23 heavy (non-hydrogen) atoms. The van der Waals surface area contributed by atoms with Crippen molar-refractivity contribution in [1.82, 2.24) is 20.1 Å². The molecule has 1 atom stereocenters. The van der Waals surface area contributed by atoms with Gasteiger partial charge in [-0.1, -0.05) is 6.07 Å². The molecule has 0 fully saturated rings. The molecule has 0 aromatic carbocycles. The van der Waals surface area contributed by atoms with Crippen LogP contribution in [0.2, 0.25) is 0 Å². The van der Waals surface area contributed by atoms with Crippen molar-refractivity contribution < 1.29 is 9.90 Å². The van der Waals surface area contributed by atoms with Crippen LogP contribution in [0.5, 0.6) is 0 Å². The zero-order valence-electron chi connectivity index (χ0n) is 13.1. The van der Waals surface area contributed by atoms with Crippen molar-refractivity contribution in [3.05, 3.63) is 41.3 Å². The predicted octanol–water partition coefficient (Wildman–Crippen LogP) is 1.78. The second-order valence-electron chi connectivity index (χ2n) is 5.71. The molecular formula is C16H21N5O2. The van der Waals surface area contributed by atoms with E-state index in [1.807, 2.05) is 23.7 Å². The minimum absolute atomic E-state index is 0.0600. The second-order valence-corrected chi connectivity index (χ2v) is 5.71.